The second-order valence-electron chi connectivity index (χ2n) is 7.07. The van der Waals surface area contributed by atoms with E-state index in [1.807, 2.05) is 13.8 Å². The van der Waals surface area contributed by atoms with Crippen LogP contribution in [0.2, 0.25) is 0 Å². The second kappa shape index (κ2) is 8.30. The molecule has 0 radical (unpaired) electrons. The predicted molar refractivity (Wildman–Crippen MR) is 107 cm³/mol. The first-order valence-corrected chi connectivity index (χ1v) is 11.2. The highest BCUT2D eigenvalue weighted by Crippen LogP contribution is 2.26. The summed E-state index contributed by atoms with van der Waals surface area (Å²) in [6, 6.07) is 4.45. The molecule has 0 unspecified atom stereocenters. The minimum atomic E-state index is -3.79. The third-order valence-electron chi connectivity index (χ3n) is 4.72. The zero-order valence-corrected chi connectivity index (χ0v) is 18.0. The van der Waals surface area contributed by atoms with Gasteiger partial charge in [0, 0.05) is 29.8 Å². The van der Waals surface area contributed by atoms with Crippen LogP contribution < -0.4 is 5.32 Å². The molecule has 1 N–H and O–H groups in total. The number of hydrogen-bond acceptors (Lipinski definition) is 4. The van der Waals surface area contributed by atoms with E-state index in [0.717, 1.165) is 0 Å². The van der Waals surface area contributed by atoms with Crippen LogP contribution in [-0.2, 0) is 14.8 Å². The fourth-order valence-electron chi connectivity index (χ4n) is 3.07. The zero-order chi connectivity index (χ0) is 20.5. The molecule has 1 amide bonds. The number of nitrogens with one attached hydrogen (secondary N) is 1. The van der Waals surface area contributed by atoms with Crippen molar-refractivity contribution in [1.82, 2.24) is 13.9 Å². The molecule has 2 aromatic rings. The molecule has 0 aliphatic carbocycles. The first kappa shape index (κ1) is 20.9. The summed E-state index contributed by atoms with van der Waals surface area (Å²) in [5, 5.41) is 2.54. The minimum Gasteiger partial charge on any atom is -0.334 e. The van der Waals surface area contributed by atoms with Crippen molar-refractivity contribution >= 4 is 37.5 Å². The van der Waals surface area contributed by atoms with Crippen molar-refractivity contribution in [3.8, 4) is 0 Å². The van der Waals surface area contributed by atoms with Gasteiger partial charge in [0.2, 0.25) is 5.91 Å². The highest BCUT2D eigenvalue weighted by Gasteiger charge is 2.34. The maximum atomic E-state index is 14.0. The van der Waals surface area contributed by atoms with Gasteiger partial charge in [-0.05, 0) is 44.9 Å². The van der Waals surface area contributed by atoms with E-state index in [0.29, 0.717) is 23.9 Å². The van der Waals surface area contributed by atoms with Gasteiger partial charge in [-0.3, -0.25) is 4.79 Å². The molecule has 1 aliphatic heterocycles. The van der Waals surface area contributed by atoms with Crippen molar-refractivity contribution in [3.63, 3.8) is 0 Å². The fraction of sp³-hybridized carbons (Fsp3) is 0.444. The topological polar surface area (TPSA) is 84.3 Å². The van der Waals surface area contributed by atoms with Crippen molar-refractivity contribution < 1.29 is 17.6 Å². The van der Waals surface area contributed by atoms with Crippen molar-refractivity contribution in [2.75, 3.05) is 18.4 Å². The van der Waals surface area contributed by atoms with Gasteiger partial charge in [-0.2, -0.15) is 4.31 Å². The van der Waals surface area contributed by atoms with Crippen LogP contribution in [0.25, 0.3) is 0 Å². The number of carbonyl (C=O) groups excluding carboxylic acids is 1. The quantitative estimate of drug-likeness (QED) is 0.722. The lowest BCUT2D eigenvalue weighted by molar-refractivity contribution is -0.120. The van der Waals surface area contributed by atoms with Crippen molar-refractivity contribution in [1.29, 1.82) is 0 Å². The van der Waals surface area contributed by atoms with Gasteiger partial charge >= 0.3 is 0 Å². The number of sulfonamides is 1. The molecule has 10 heteroatoms. The summed E-state index contributed by atoms with van der Waals surface area (Å²) < 4.78 is 43.3. The summed E-state index contributed by atoms with van der Waals surface area (Å²) in [6.45, 7) is 4.23. The Morgan fingerprint density at radius 3 is 2.79 bits per heavy atom. The largest absolute Gasteiger partial charge is 0.334 e. The summed E-state index contributed by atoms with van der Waals surface area (Å²) in [7, 11) is -3.79. The highest BCUT2D eigenvalue weighted by molar-refractivity contribution is 9.10. The van der Waals surface area contributed by atoms with Gasteiger partial charge < -0.3 is 9.88 Å². The van der Waals surface area contributed by atoms with Gasteiger partial charge in [0.1, 0.15) is 5.82 Å². The van der Waals surface area contributed by atoms with E-state index in [9.17, 15) is 17.6 Å². The molecule has 1 aromatic carbocycles. The number of anilines is 1. The van der Waals surface area contributed by atoms with E-state index >= 15 is 0 Å². The third-order valence-corrected chi connectivity index (χ3v) is 6.97. The molecule has 28 heavy (non-hydrogen) atoms. The molecule has 1 saturated heterocycles. The van der Waals surface area contributed by atoms with E-state index in [1.54, 1.807) is 10.6 Å². The number of benzene rings is 1. The zero-order valence-electron chi connectivity index (χ0n) is 15.6. The van der Waals surface area contributed by atoms with Gasteiger partial charge in [-0.15, -0.1) is 0 Å². The Morgan fingerprint density at radius 1 is 1.39 bits per heavy atom. The van der Waals surface area contributed by atoms with E-state index in [-0.39, 0.29) is 23.3 Å². The monoisotopic (exact) mass is 472 g/mol. The number of halogens is 2. The number of amides is 1. The summed E-state index contributed by atoms with van der Waals surface area (Å²) in [5.41, 5.74) is 0.0730. The Bertz CT molecular complexity index is 977. The third kappa shape index (κ3) is 4.44. The van der Waals surface area contributed by atoms with Gasteiger partial charge in [0.05, 0.1) is 17.9 Å². The molecule has 1 aromatic heterocycles. The molecule has 0 saturated carbocycles. The van der Waals surface area contributed by atoms with Gasteiger partial charge in [0.25, 0.3) is 10.0 Å². The number of carbonyl (C=O) groups is 1. The Hall–Kier alpha value is -1.78. The molecule has 2 heterocycles. The van der Waals surface area contributed by atoms with Crippen LogP contribution in [0, 0.1) is 11.7 Å². The van der Waals surface area contributed by atoms with Gasteiger partial charge in [0.15, 0.2) is 5.03 Å². The molecule has 1 atom stereocenters. The molecule has 1 fully saturated rings. The first-order valence-electron chi connectivity index (χ1n) is 8.98. The highest BCUT2D eigenvalue weighted by atomic mass is 79.9. The van der Waals surface area contributed by atoms with Gasteiger partial charge in [-0.25, -0.2) is 17.8 Å². The fourth-order valence-corrected chi connectivity index (χ4v) is 4.84. The molecule has 0 spiro atoms. The van der Waals surface area contributed by atoms with E-state index < -0.39 is 27.7 Å². The van der Waals surface area contributed by atoms with Crippen LogP contribution in [0.15, 0.2) is 40.2 Å². The maximum Gasteiger partial charge on any atom is 0.262 e. The van der Waals surface area contributed by atoms with Crippen LogP contribution in [0.5, 0.6) is 0 Å². The predicted octanol–water partition coefficient (Wildman–Crippen LogP) is 3.41. The summed E-state index contributed by atoms with van der Waals surface area (Å²) in [4.78, 5) is 16.6. The Labute approximate surface area is 172 Å². The van der Waals surface area contributed by atoms with Crippen LogP contribution in [0.4, 0.5) is 10.1 Å². The lowest BCUT2D eigenvalue weighted by Crippen LogP contribution is -2.43. The number of aromatic nitrogens is 2. The second-order valence-corrected chi connectivity index (χ2v) is 9.87. The average molecular weight is 473 g/mol. The standard InChI is InChI=1S/C18H22BrFN4O3S/c1-12(2)23-10-17(21-11-23)28(26,27)24-7-3-4-13(9-24)18(25)22-16-6-5-14(19)8-15(16)20/h5-6,8,10-13H,3-4,7,9H2,1-2H3,(H,22,25)/t13-/m0/s1. The maximum absolute atomic E-state index is 14.0. The summed E-state index contributed by atoms with van der Waals surface area (Å²) in [5.74, 6) is -1.50. The van der Waals surface area contributed by atoms with E-state index in [1.165, 1.54) is 29.0 Å². The lowest BCUT2D eigenvalue weighted by atomic mass is 9.98. The van der Waals surface area contributed by atoms with Gasteiger partial charge in [-0.1, -0.05) is 15.9 Å². The minimum absolute atomic E-state index is 0.0267. The van der Waals surface area contributed by atoms with Crippen LogP contribution in [-0.4, -0.2) is 41.3 Å². The summed E-state index contributed by atoms with van der Waals surface area (Å²) in [6.07, 6.45) is 4.07. The number of hydrogen-bond donors (Lipinski definition) is 1. The molecular weight excluding hydrogens is 451 g/mol. The van der Waals surface area contributed by atoms with Crippen molar-refractivity contribution in [2.24, 2.45) is 5.92 Å². The average Bonchev–Trinajstić information content (AvgIpc) is 3.15. The van der Waals surface area contributed by atoms with Crippen molar-refractivity contribution in [2.45, 2.75) is 37.8 Å². The molecule has 152 valence electrons. The SMILES string of the molecule is CC(C)n1cnc(S(=O)(=O)N2CCC[C@H](C(=O)Nc3ccc(Br)cc3F)C2)c1. The molecule has 3 rings (SSSR count). The Morgan fingerprint density at radius 2 is 2.14 bits per heavy atom. The van der Waals surface area contributed by atoms with Crippen LogP contribution in [0.3, 0.4) is 0 Å². The smallest absolute Gasteiger partial charge is 0.262 e. The van der Waals surface area contributed by atoms with E-state index in [2.05, 4.69) is 26.2 Å². The van der Waals surface area contributed by atoms with Crippen LogP contribution >= 0.6 is 15.9 Å². The number of rotatable bonds is 5. The van der Waals surface area contributed by atoms with E-state index in [4.69, 9.17) is 0 Å². The molecular formula is C18H22BrFN4O3S. The van der Waals surface area contributed by atoms with Crippen LogP contribution in [0.1, 0.15) is 32.7 Å². The molecule has 0 bridgehead atoms. The lowest BCUT2D eigenvalue weighted by Gasteiger charge is -2.30. The molecule has 7 nitrogen and oxygen atoms in total. The summed E-state index contributed by atoms with van der Waals surface area (Å²) >= 11 is 3.17. The number of piperidine rings is 1. The normalized spacial score (nSPS) is 18.4. The molecule has 1 aliphatic rings. The first-order chi connectivity index (χ1) is 13.2. The van der Waals surface area contributed by atoms with Crippen molar-refractivity contribution in [3.05, 3.63) is 41.0 Å². The Kier molecular flexibility index (Phi) is 6.21. The number of nitrogens with zero attached hydrogens (tertiary/aromatic N) is 3. The Balaban J connectivity index is 1.72. The number of imidazole rings is 1.